The third-order valence-electron chi connectivity index (χ3n) is 6.08. The van der Waals surface area contributed by atoms with Gasteiger partial charge in [-0.3, -0.25) is 4.79 Å². The van der Waals surface area contributed by atoms with Crippen LogP contribution in [0.15, 0.2) is 18.2 Å². The van der Waals surface area contributed by atoms with Gasteiger partial charge < -0.3 is 9.64 Å². The molecule has 1 saturated heterocycles. The number of aromatic nitrogens is 4. The average molecular weight is 379 g/mol. The maximum Gasteiger partial charge on any atom is 0.226 e. The number of fused-ring (bicyclic) bond motifs is 3. The number of carbonyl (C=O) groups is 1. The van der Waals surface area contributed by atoms with Crippen LogP contribution in [0, 0.1) is 19.8 Å². The van der Waals surface area contributed by atoms with E-state index in [1.807, 2.05) is 9.42 Å². The summed E-state index contributed by atoms with van der Waals surface area (Å²) in [6.45, 7) is 6.15. The van der Waals surface area contributed by atoms with Gasteiger partial charge in [0.1, 0.15) is 0 Å². The van der Waals surface area contributed by atoms with E-state index in [1.54, 1.807) is 0 Å². The molecule has 7 heteroatoms. The smallest absolute Gasteiger partial charge is 0.226 e. The lowest BCUT2D eigenvalue weighted by Crippen LogP contribution is -2.38. The monoisotopic (exact) mass is 379 g/mol. The van der Waals surface area contributed by atoms with Gasteiger partial charge in [0.05, 0.1) is 11.6 Å². The molecule has 0 radical (unpaired) electrons. The first-order valence-electron chi connectivity index (χ1n) is 10.1. The minimum atomic E-state index is 0.139. The van der Waals surface area contributed by atoms with Crippen molar-refractivity contribution in [1.29, 1.82) is 0 Å². The summed E-state index contributed by atoms with van der Waals surface area (Å²) < 4.78 is 7.62. The molecule has 0 spiro atoms. The Morgan fingerprint density at radius 3 is 2.89 bits per heavy atom. The van der Waals surface area contributed by atoms with E-state index >= 15 is 0 Å². The van der Waals surface area contributed by atoms with Crippen molar-refractivity contribution in [2.45, 2.75) is 52.2 Å². The van der Waals surface area contributed by atoms with E-state index in [1.165, 1.54) is 11.1 Å². The average Bonchev–Trinajstić information content (AvgIpc) is 3.19. The Hall–Kier alpha value is -2.54. The van der Waals surface area contributed by atoms with Crippen LogP contribution in [-0.4, -0.2) is 50.1 Å². The Kier molecular flexibility index (Phi) is 4.27. The van der Waals surface area contributed by atoms with E-state index in [-0.39, 0.29) is 17.9 Å². The number of ether oxygens (including phenoxy) is 1. The molecule has 0 N–H and O–H groups in total. The van der Waals surface area contributed by atoms with Gasteiger partial charge in [0.15, 0.2) is 5.65 Å². The predicted octanol–water partition coefficient (Wildman–Crippen LogP) is 2.81. The third kappa shape index (κ3) is 3.03. The summed E-state index contributed by atoms with van der Waals surface area (Å²) in [7, 11) is 0. The number of pyridine rings is 1. The van der Waals surface area contributed by atoms with Crippen LogP contribution >= 0.6 is 0 Å². The van der Waals surface area contributed by atoms with Gasteiger partial charge in [-0.1, -0.05) is 12.1 Å². The second-order valence-corrected chi connectivity index (χ2v) is 8.16. The van der Waals surface area contributed by atoms with Crippen LogP contribution in [0.25, 0.3) is 16.6 Å². The van der Waals surface area contributed by atoms with Gasteiger partial charge >= 0.3 is 0 Å². The number of aryl methyl sites for hydroxylation is 2. The molecule has 1 aromatic carbocycles. The standard InChI is InChI=1S/C21H25N5O2/c1-13-5-6-16-10-17(20-22-23-24-26(20)19(16)14(13)2)11-25(21(27)15-7-8-15)12-18-4-3-9-28-18/h5-6,10,15,18H,3-4,7-9,11-12H2,1-2H3/t18-/m1/s1. The maximum atomic E-state index is 12.9. The molecular weight excluding hydrogens is 354 g/mol. The van der Waals surface area contributed by atoms with Crippen molar-refractivity contribution in [2.75, 3.05) is 13.2 Å². The van der Waals surface area contributed by atoms with E-state index in [9.17, 15) is 4.79 Å². The molecular formula is C21H25N5O2. The van der Waals surface area contributed by atoms with Crippen molar-refractivity contribution >= 4 is 22.5 Å². The summed E-state index contributed by atoms with van der Waals surface area (Å²) in [5.74, 6) is 0.417. The number of amides is 1. The number of nitrogens with zero attached hydrogens (tertiary/aromatic N) is 5. The summed E-state index contributed by atoms with van der Waals surface area (Å²) in [5.41, 5.74) is 5.12. The zero-order valence-electron chi connectivity index (χ0n) is 16.4. The van der Waals surface area contributed by atoms with Crippen LogP contribution in [0.1, 0.15) is 42.4 Å². The normalized spacial score (nSPS) is 19.6. The van der Waals surface area contributed by atoms with Crippen LogP contribution in [-0.2, 0) is 16.1 Å². The molecule has 1 saturated carbocycles. The van der Waals surface area contributed by atoms with Gasteiger partial charge in [-0.05, 0) is 67.2 Å². The summed E-state index contributed by atoms with van der Waals surface area (Å²) in [5, 5.41) is 13.5. The van der Waals surface area contributed by atoms with E-state index in [4.69, 9.17) is 4.74 Å². The first kappa shape index (κ1) is 17.6. The molecule has 5 rings (SSSR count). The van der Waals surface area contributed by atoms with Gasteiger partial charge in [0.25, 0.3) is 0 Å². The molecule has 1 atom stereocenters. The second-order valence-electron chi connectivity index (χ2n) is 8.16. The molecule has 1 aliphatic carbocycles. The fraction of sp³-hybridized carbons (Fsp3) is 0.524. The van der Waals surface area contributed by atoms with Crippen molar-refractivity contribution in [3.63, 3.8) is 0 Å². The molecule has 2 fully saturated rings. The maximum absolute atomic E-state index is 12.9. The van der Waals surface area contributed by atoms with E-state index < -0.39 is 0 Å². The molecule has 28 heavy (non-hydrogen) atoms. The van der Waals surface area contributed by atoms with E-state index in [0.29, 0.717) is 13.1 Å². The second kappa shape index (κ2) is 6.81. The van der Waals surface area contributed by atoms with Crippen molar-refractivity contribution in [3.05, 3.63) is 34.9 Å². The summed E-state index contributed by atoms with van der Waals surface area (Å²) in [6, 6.07) is 6.36. The zero-order valence-corrected chi connectivity index (χ0v) is 16.4. The number of hydrogen-bond acceptors (Lipinski definition) is 5. The number of rotatable bonds is 5. The van der Waals surface area contributed by atoms with Crippen LogP contribution in [0.4, 0.5) is 0 Å². The lowest BCUT2D eigenvalue weighted by molar-refractivity contribution is -0.134. The van der Waals surface area contributed by atoms with Crippen molar-refractivity contribution in [2.24, 2.45) is 5.92 Å². The number of carbonyl (C=O) groups excluding carboxylic acids is 1. The van der Waals surface area contributed by atoms with E-state index in [2.05, 4.69) is 47.6 Å². The topological polar surface area (TPSA) is 72.6 Å². The molecule has 2 aliphatic rings. The Bertz CT molecular complexity index is 1050. The Morgan fingerprint density at radius 2 is 2.14 bits per heavy atom. The number of hydrogen-bond donors (Lipinski definition) is 0. The first-order valence-corrected chi connectivity index (χ1v) is 10.1. The highest BCUT2D eigenvalue weighted by molar-refractivity contribution is 5.87. The van der Waals surface area contributed by atoms with Gasteiger partial charge in [-0.15, -0.1) is 5.10 Å². The quantitative estimate of drug-likeness (QED) is 0.682. The molecule has 1 amide bonds. The lowest BCUT2D eigenvalue weighted by Gasteiger charge is -2.26. The SMILES string of the molecule is Cc1ccc2cc(CN(C[C@H]3CCCO3)C(=O)C3CC3)c3nnnn3c2c1C. The lowest BCUT2D eigenvalue weighted by atomic mass is 10.0. The summed E-state index contributed by atoms with van der Waals surface area (Å²) in [6.07, 6.45) is 4.23. The molecule has 3 aromatic rings. The zero-order chi connectivity index (χ0) is 19.3. The Morgan fingerprint density at radius 1 is 1.29 bits per heavy atom. The Balaban J connectivity index is 1.55. The molecule has 7 nitrogen and oxygen atoms in total. The number of benzene rings is 1. The Labute approximate surface area is 163 Å². The van der Waals surface area contributed by atoms with Crippen LogP contribution < -0.4 is 0 Å². The van der Waals surface area contributed by atoms with E-state index in [0.717, 1.165) is 54.4 Å². The van der Waals surface area contributed by atoms with Crippen molar-refractivity contribution in [1.82, 2.24) is 24.9 Å². The van der Waals surface area contributed by atoms with Gasteiger partial charge in [-0.2, -0.15) is 4.52 Å². The highest BCUT2D eigenvalue weighted by atomic mass is 16.5. The molecule has 3 heterocycles. The first-order chi connectivity index (χ1) is 13.6. The van der Waals surface area contributed by atoms with Gasteiger partial charge in [0, 0.05) is 36.6 Å². The highest BCUT2D eigenvalue weighted by Gasteiger charge is 2.35. The van der Waals surface area contributed by atoms with Crippen molar-refractivity contribution in [3.8, 4) is 0 Å². The summed E-state index contributed by atoms with van der Waals surface area (Å²) in [4.78, 5) is 14.9. The molecule has 0 bridgehead atoms. The fourth-order valence-corrected chi connectivity index (χ4v) is 4.19. The van der Waals surface area contributed by atoms with Crippen LogP contribution in [0.2, 0.25) is 0 Å². The highest BCUT2D eigenvalue weighted by Crippen LogP contribution is 2.33. The minimum absolute atomic E-state index is 0.139. The molecule has 0 unspecified atom stereocenters. The largest absolute Gasteiger partial charge is 0.376 e. The number of tetrazole rings is 1. The van der Waals surface area contributed by atoms with Crippen LogP contribution in [0.5, 0.6) is 0 Å². The van der Waals surface area contributed by atoms with Crippen molar-refractivity contribution < 1.29 is 9.53 Å². The predicted molar refractivity (Wildman–Crippen MR) is 105 cm³/mol. The van der Waals surface area contributed by atoms with Gasteiger partial charge in [-0.25, -0.2) is 0 Å². The fourth-order valence-electron chi connectivity index (χ4n) is 4.19. The van der Waals surface area contributed by atoms with Crippen LogP contribution in [0.3, 0.4) is 0 Å². The molecule has 146 valence electrons. The molecule has 1 aliphatic heterocycles. The minimum Gasteiger partial charge on any atom is -0.376 e. The van der Waals surface area contributed by atoms with Gasteiger partial charge in [0.2, 0.25) is 5.91 Å². The molecule has 2 aromatic heterocycles. The third-order valence-corrected chi connectivity index (χ3v) is 6.08. The summed E-state index contributed by atoms with van der Waals surface area (Å²) >= 11 is 0.